The fourth-order valence-corrected chi connectivity index (χ4v) is 2.03. The summed E-state index contributed by atoms with van der Waals surface area (Å²) in [6.07, 6.45) is 3.13. The van der Waals surface area contributed by atoms with Gasteiger partial charge in [-0.25, -0.2) is 0 Å². The van der Waals surface area contributed by atoms with E-state index in [1.807, 2.05) is 12.1 Å². The maximum atomic E-state index is 11.6. The molecule has 0 saturated carbocycles. The van der Waals surface area contributed by atoms with Gasteiger partial charge in [-0.3, -0.25) is 9.59 Å². The van der Waals surface area contributed by atoms with E-state index in [4.69, 9.17) is 4.74 Å². The molecule has 1 saturated heterocycles. The molecule has 1 aromatic rings. The highest BCUT2D eigenvalue weighted by atomic mass is 16.5. The first-order valence-electron chi connectivity index (χ1n) is 6.61. The van der Waals surface area contributed by atoms with Crippen LogP contribution in [0.4, 0.5) is 5.69 Å². The summed E-state index contributed by atoms with van der Waals surface area (Å²) in [7, 11) is 0. The minimum absolute atomic E-state index is 0.0319. The molecule has 1 aliphatic heterocycles. The summed E-state index contributed by atoms with van der Waals surface area (Å²) in [5.41, 5.74) is 0.871. The summed E-state index contributed by atoms with van der Waals surface area (Å²) in [4.78, 5) is 24.7. The van der Waals surface area contributed by atoms with Crippen LogP contribution in [0.15, 0.2) is 36.9 Å². The second-order valence-corrected chi connectivity index (χ2v) is 4.52. The van der Waals surface area contributed by atoms with Gasteiger partial charge in [0.2, 0.25) is 5.91 Å². The molecule has 2 rings (SSSR count). The molecule has 0 unspecified atom stereocenters. The first-order valence-corrected chi connectivity index (χ1v) is 6.61. The summed E-state index contributed by atoms with van der Waals surface area (Å²) < 4.78 is 5.36. The second kappa shape index (κ2) is 6.75. The highest BCUT2D eigenvalue weighted by Gasteiger charge is 2.21. The number of benzene rings is 1. The van der Waals surface area contributed by atoms with Crippen LogP contribution in [0.3, 0.4) is 0 Å². The van der Waals surface area contributed by atoms with Gasteiger partial charge in [0, 0.05) is 25.2 Å². The minimum atomic E-state index is -0.191. The van der Waals surface area contributed by atoms with Crippen LogP contribution < -0.4 is 15.0 Å². The van der Waals surface area contributed by atoms with Gasteiger partial charge < -0.3 is 15.0 Å². The van der Waals surface area contributed by atoms with Crippen molar-refractivity contribution in [2.45, 2.75) is 12.8 Å². The van der Waals surface area contributed by atoms with Crippen molar-refractivity contribution in [3.8, 4) is 5.75 Å². The second-order valence-electron chi connectivity index (χ2n) is 4.52. The Morgan fingerprint density at radius 3 is 2.75 bits per heavy atom. The average Bonchev–Trinajstić information content (AvgIpc) is 2.89. The first-order chi connectivity index (χ1) is 9.70. The van der Waals surface area contributed by atoms with Crippen molar-refractivity contribution >= 4 is 17.5 Å². The van der Waals surface area contributed by atoms with E-state index in [0.29, 0.717) is 18.7 Å². The van der Waals surface area contributed by atoms with E-state index in [2.05, 4.69) is 11.9 Å². The summed E-state index contributed by atoms with van der Waals surface area (Å²) in [6, 6.07) is 7.20. The van der Waals surface area contributed by atoms with E-state index < -0.39 is 0 Å². The minimum Gasteiger partial charge on any atom is -0.484 e. The molecule has 2 amide bonds. The van der Waals surface area contributed by atoms with Gasteiger partial charge in [-0.1, -0.05) is 6.08 Å². The number of ether oxygens (including phenoxy) is 1. The third kappa shape index (κ3) is 3.60. The number of hydrogen-bond donors (Lipinski definition) is 1. The third-order valence-corrected chi connectivity index (χ3v) is 3.04. The van der Waals surface area contributed by atoms with Gasteiger partial charge >= 0.3 is 0 Å². The van der Waals surface area contributed by atoms with E-state index in [1.54, 1.807) is 23.1 Å². The molecule has 5 heteroatoms. The lowest BCUT2D eigenvalue weighted by Gasteiger charge is -2.16. The SMILES string of the molecule is C=CCNC(=O)COc1ccc(N2CCCC2=O)cc1. The molecule has 0 aliphatic carbocycles. The van der Waals surface area contributed by atoms with Crippen LogP contribution in [0.5, 0.6) is 5.75 Å². The molecule has 1 aliphatic rings. The molecule has 0 atom stereocenters. The van der Waals surface area contributed by atoms with Crippen LogP contribution in [-0.4, -0.2) is 31.5 Å². The zero-order valence-electron chi connectivity index (χ0n) is 11.3. The Morgan fingerprint density at radius 2 is 2.15 bits per heavy atom. The van der Waals surface area contributed by atoms with Crippen LogP contribution >= 0.6 is 0 Å². The average molecular weight is 274 g/mol. The molecule has 1 fully saturated rings. The molecule has 0 aromatic heterocycles. The van der Waals surface area contributed by atoms with Crippen molar-refractivity contribution in [2.24, 2.45) is 0 Å². The molecule has 0 bridgehead atoms. The molecule has 0 spiro atoms. The predicted octanol–water partition coefficient (Wildman–Crippen LogP) is 1.49. The van der Waals surface area contributed by atoms with Crippen LogP contribution in [0.2, 0.25) is 0 Å². The van der Waals surface area contributed by atoms with Crippen molar-refractivity contribution in [1.82, 2.24) is 5.32 Å². The number of anilines is 1. The van der Waals surface area contributed by atoms with Gasteiger partial charge in [0.1, 0.15) is 5.75 Å². The van der Waals surface area contributed by atoms with Crippen molar-refractivity contribution < 1.29 is 14.3 Å². The Bertz CT molecular complexity index is 496. The van der Waals surface area contributed by atoms with Crippen molar-refractivity contribution in [3.05, 3.63) is 36.9 Å². The molecule has 20 heavy (non-hydrogen) atoms. The Balaban J connectivity index is 1.87. The van der Waals surface area contributed by atoms with Gasteiger partial charge in [-0.15, -0.1) is 6.58 Å². The topological polar surface area (TPSA) is 58.6 Å². The van der Waals surface area contributed by atoms with Crippen molar-refractivity contribution in [2.75, 3.05) is 24.6 Å². The Morgan fingerprint density at radius 1 is 1.40 bits per heavy atom. The Hall–Kier alpha value is -2.30. The predicted molar refractivity (Wildman–Crippen MR) is 76.7 cm³/mol. The van der Waals surface area contributed by atoms with Gasteiger partial charge in [-0.05, 0) is 30.7 Å². The fraction of sp³-hybridized carbons (Fsp3) is 0.333. The monoisotopic (exact) mass is 274 g/mol. The zero-order chi connectivity index (χ0) is 14.4. The lowest BCUT2D eigenvalue weighted by atomic mass is 10.3. The molecule has 1 heterocycles. The largest absolute Gasteiger partial charge is 0.484 e. The van der Waals surface area contributed by atoms with Gasteiger partial charge in [0.05, 0.1) is 0 Å². The number of nitrogens with zero attached hydrogens (tertiary/aromatic N) is 1. The van der Waals surface area contributed by atoms with Crippen LogP contribution in [0.25, 0.3) is 0 Å². The number of amides is 2. The number of carbonyl (C=O) groups is 2. The molecule has 106 valence electrons. The highest BCUT2D eigenvalue weighted by molar-refractivity contribution is 5.95. The number of rotatable bonds is 6. The highest BCUT2D eigenvalue weighted by Crippen LogP contribution is 2.23. The third-order valence-electron chi connectivity index (χ3n) is 3.04. The molecule has 1 N–H and O–H groups in total. The zero-order valence-corrected chi connectivity index (χ0v) is 11.3. The Labute approximate surface area is 118 Å². The van der Waals surface area contributed by atoms with Gasteiger partial charge in [-0.2, -0.15) is 0 Å². The van der Waals surface area contributed by atoms with Crippen LogP contribution in [-0.2, 0) is 9.59 Å². The molecule has 1 aromatic carbocycles. The van der Waals surface area contributed by atoms with E-state index in [0.717, 1.165) is 18.7 Å². The summed E-state index contributed by atoms with van der Waals surface area (Å²) in [5, 5.41) is 2.63. The lowest BCUT2D eigenvalue weighted by Crippen LogP contribution is -2.28. The molecule has 0 radical (unpaired) electrons. The maximum absolute atomic E-state index is 11.6. The standard InChI is InChI=1S/C15H18N2O3/c1-2-9-16-14(18)11-20-13-7-5-12(6-8-13)17-10-3-4-15(17)19/h2,5-8H,1,3-4,9-11H2,(H,16,18). The van der Waals surface area contributed by atoms with E-state index in [1.165, 1.54) is 0 Å². The molecule has 5 nitrogen and oxygen atoms in total. The van der Waals surface area contributed by atoms with Crippen LogP contribution in [0.1, 0.15) is 12.8 Å². The summed E-state index contributed by atoms with van der Waals surface area (Å²) in [6.45, 7) is 4.68. The van der Waals surface area contributed by atoms with E-state index >= 15 is 0 Å². The quantitative estimate of drug-likeness (QED) is 0.800. The van der Waals surface area contributed by atoms with Crippen LogP contribution in [0, 0.1) is 0 Å². The Kier molecular flexibility index (Phi) is 4.76. The van der Waals surface area contributed by atoms with Gasteiger partial charge in [0.25, 0.3) is 5.91 Å². The van der Waals surface area contributed by atoms with E-state index in [-0.39, 0.29) is 18.4 Å². The van der Waals surface area contributed by atoms with E-state index in [9.17, 15) is 9.59 Å². The summed E-state index contributed by atoms with van der Waals surface area (Å²) in [5.74, 6) is 0.570. The number of nitrogens with one attached hydrogen (secondary N) is 1. The molecular weight excluding hydrogens is 256 g/mol. The maximum Gasteiger partial charge on any atom is 0.258 e. The number of hydrogen-bond acceptors (Lipinski definition) is 3. The lowest BCUT2D eigenvalue weighted by molar-refractivity contribution is -0.122. The smallest absolute Gasteiger partial charge is 0.258 e. The fourth-order valence-electron chi connectivity index (χ4n) is 2.03. The van der Waals surface area contributed by atoms with Crippen molar-refractivity contribution in [1.29, 1.82) is 0 Å². The number of carbonyl (C=O) groups excluding carboxylic acids is 2. The summed E-state index contributed by atoms with van der Waals surface area (Å²) >= 11 is 0. The first kappa shape index (κ1) is 14.1. The molecular formula is C15H18N2O3. The van der Waals surface area contributed by atoms with Gasteiger partial charge in [0.15, 0.2) is 6.61 Å². The normalized spacial score (nSPS) is 14.2. The van der Waals surface area contributed by atoms with Crippen molar-refractivity contribution in [3.63, 3.8) is 0 Å².